The van der Waals surface area contributed by atoms with Crippen LogP contribution in [0.2, 0.25) is 5.02 Å². The minimum absolute atomic E-state index is 0.286. The molecule has 9 heteroatoms. The van der Waals surface area contributed by atoms with Gasteiger partial charge in [0.05, 0.1) is 5.02 Å². The Morgan fingerprint density at radius 3 is 2.76 bits per heavy atom. The first-order valence-corrected chi connectivity index (χ1v) is 12.6. The Bertz CT molecular complexity index is 828. The lowest BCUT2D eigenvalue weighted by molar-refractivity contribution is -0.199. The van der Waals surface area contributed by atoms with E-state index in [9.17, 15) is 9.18 Å². The van der Waals surface area contributed by atoms with Crippen LogP contribution in [0.3, 0.4) is 0 Å². The Labute approximate surface area is 200 Å². The predicted octanol–water partition coefficient (Wildman–Crippen LogP) is 4.83. The van der Waals surface area contributed by atoms with E-state index in [1.54, 1.807) is 6.07 Å². The molecule has 0 spiro atoms. The van der Waals surface area contributed by atoms with Crippen LogP contribution in [0.15, 0.2) is 18.1 Å². The Morgan fingerprint density at radius 1 is 1.18 bits per heavy atom. The zero-order valence-corrected chi connectivity index (χ0v) is 19.8. The number of ether oxygens (including phenoxy) is 1. The zero-order chi connectivity index (χ0) is 23.0. The average Bonchev–Trinajstić information content (AvgIpc) is 2.85. The van der Waals surface area contributed by atoms with E-state index in [0.29, 0.717) is 35.5 Å². The van der Waals surface area contributed by atoms with Gasteiger partial charge in [-0.25, -0.2) is 19.7 Å². The van der Waals surface area contributed by atoms with E-state index < -0.39 is 18.0 Å². The molecular formula is C24H34ClFN4O3. The number of carbonyl (C=O) groups excluding carboxylic acids is 1. The molecule has 1 aliphatic carbocycles. The highest BCUT2D eigenvalue weighted by Gasteiger charge is 2.27. The Kier molecular flexibility index (Phi) is 8.95. The lowest BCUT2D eigenvalue weighted by Crippen LogP contribution is -2.47. The molecule has 33 heavy (non-hydrogen) atoms. The quantitative estimate of drug-likeness (QED) is 0.430. The zero-order valence-electron chi connectivity index (χ0n) is 19.0. The standard InChI is InChI=1S/C24H34ClFN4O3/c25-20-13-17(14-21(26)24(31)29-33-22-10-4-5-12-32-22)15-27-23(20)28-18-7-6-11-30(16-18)19-8-2-1-3-9-19/h13-15,18-19,22H,1-12,16H2,(H,27,28)(H,29,31)/b21-14-/t18-,22?/m1/s1. The summed E-state index contributed by atoms with van der Waals surface area (Å²) in [7, 11) is 0. The van der Waals surface area contributed by atoms with E-state index in [1.807, 2.05) is 0 Å². The molecule has 1 saturated carbocycles. The molecule has 3 heterocycles. The molecule has 0 aromatic carbocycles. The van der Waals surface area contributed by atoms with Crippen molar-refractivity contribution < 1.29 is 18.8 Å². The smallest absolute Gasteiger partial charge is 0.303 e. The van der Waals surface area contributed by atoms with Crippen molar-refractivity contribution >= 4 is 29.4 Å². The van der Waals surface area contributed by atoms with Gasteiger partial charge in [0.2, 0.25) is 0 Å². The molecule has 7 nitrogen and oxygen atoms in total. The topological polar surface area (TPSA) is 75.7 Å². The second kappa shape index (κ2) is 12.1. The molecule has 1 amide bonds. The summed E-state index contributed by atoms with van der Waals surface area (Å²) in [5.74, 6) is -1.36. The maximum atomic E-state index is 14.3. The molecule has 3 fully saturated rings. The summed E-state index contributed by atoms with van der Waals surface area (Å²) in [4.78, 5) is 24.1. The summed E-state index contributed by atoms with van der Waals surface area (Å²) in [5, 5.41) is 3.87. The summed E-state index contributed by atoms with van der Waals surface area (Å²) < 4.78 is 19.6. The van der Waals surface area contributed by atoms with Gasteiger partial charge in [-0.05, 0) is 62.8 Å². The number of hydrogen-bond donors (Lipinski definition) is 2. The molecule has 2 N–H and O–H groups in total. The van der Waals surface area contributed by atoms with Gasteiger partial charge in [0, 0.05) is 37.9 Å². The molecule has 0 bridgehead atoms. The Morgan fingerprint density at radius 2 is 2.00 bits per heavy atom. The number of pyridine rings is 1. The first-order valence-electron chi connectivity index (χ1n) is 12.2. The summed E-state index contributed by atoms with van der Waals surface area (Å²) in [5.41, 5.74) is 2.51. The fourth-order valence-electron chi connectivity index (χ4n) is 4.92. The van der Waals surface area contributed by atoms with Crippen molar-refractivity contribution in [1.29, 1.82) is 0 Å². The number of likely N-dealkylation sites (tertiary alicyclic amines) is 1. The highest BCUT2D eigenvalue weighted by Crippen LogP contribution is 2.28. The van der Waals surface area contributed by atoms with Gasteiger partial charge in [0.1, 0.15) is 5.82 Å². The first kappa shape index (κ1) is 24.4. The molecule has 1 aromatic heterocycles. The number of halogens is 2. The maximum absolute atomic E-state index is 14.3. The minimum atomic E-state index is -0.986. The van der Waals surface area contributed by atoms with Gasteiger partial charge in [-0.2, -0.15) is 0 Å². The van der Waals surface area contributed by atoms with E-state index in [4.69, 9.17) is 21.2 Å². The molecule has 3 aliphatic rings. The summed E-state index contributed by atoms with van der Waals surface area (Å²) >= 11 is 6.43. The van der Waals surface area contributed by atoms with Gasteiger partial charge in [-0.1, -0.05) is 30.9 Å². The molecule has 0 radical (unpaired) electrons. The third kappa shape index (κ3) is 7.12. The lowest BCUT2D eigenvalue weighted by Gasteiger charge is -2.40. The normalized spacial score (nSPS) is 25.6. The van der Waals surface area contributed by atoms with Crippen LogP contribution in [-0.4, -0.2) is 53.9 Å². The third-order valence-corrected chi connectivity index (χ3v) is 6.97. The fraction of sp³-hybridized carbons (Fsp3) is 0.667. The number of anilines is 1. The largest absolute Gasteiger partial charge is 0.365 e. The van der Waals surface area contributed by atoms with Gasteiger partial charge in [-0.15, -0.1) is 0 Å². The number of amides is 1. The van der Waals surface area contributed by atoms with Gasteiger partial charge >= 0.3 is 5.91 Å². The van der Waals surface area contributed by atoms with E-state index >= 15 is 0 Å². The van der Waals surface area contributed by atoms with Crippen molar-refractivity contribution in [3.63, 3.8) is 0 Å². The highest BCUT2D eigenvalue weighted by atomic mass is 35.5. The second-order valence-corrected chi connectivity index (χ2v) is 9.61. The Balaban J connectivity index is 1.30. The number of aromatic nitrogens is 1. The van der Waals surface area contributed by atoms with Gasteiger partial charge in [0.15, 0.2) is 12.1 Å². The maximum Gasteiger partial charge on any atom is 0.303 e. The molecule has 2 aliphatic heterocycles. The monoisotopic (exact) mass is 480 g/mol. The number of nitrogens with one attached hydrogen (secondary N) is 2. The van der Waals surface area contributed by atoms with Crippen LogP contribution in [0, 0.1) is 0 Å². The third-order valence-electron chi connectivity index (χ3n) is 6.68. The van der Waals surface area contributed by atoms with Crippen LogP contribution in [0.1, 0.15) is 69.8 Å². The molecule has 182 valence electrons. The minimum Gasteiger partial charge on any atom is -0.365 e. The van der Waals surface area contributed by atoms with Gasteiger partial charge in [0.25, 0.3) is 0 Å². The summed E-state index contributed by atoms with van der Waals surface area (Å²) in [6.07, 6.45) is 13.5. The summed E-state index contributed by atoms with van der Waals surface area (Å²) in [6, 6.07) is 2.59. The number of rotatable bonds is 7. The molecule has 2 atom stereocenters. The number of hydrogen-bond acceptors (Lipinski definition) is 6. The highest BCUT2D eigenvalue weighted by molar-refractivity contribution is 6.33. The van der Waals surface area contributed by atoms with Crippen molar-refractivity contribution in [1.82, 2.24) is 15.4 Å². The van der Waals surface area contributed by atoms with Crippen molar-refractivity contribution in [3.8, 4) is 0 Å². The van der Waals surface area contributed by atoms with Crippen LogP contribution in [0.4, 0.5) is 10.2 Å². The van der Waals surface area contributed by atoms with Crippen molar-refractivity contribution in [3.05, 3.63) is 28.7 Å². The number of nitrogens with zero attached hydrogens (tertiary/aromatic N) is 2. The lowest BCUT2D eigenvalue weighted by atomic mass is 9.92. The van der Waals surface area contributed by atoms with Crippen molar-refractivity contribution in [2.24, 2.45) is 0 Å². The van der Waals surface area contributed by atoms with Gasteiger partial charge in [-0.3, -0.25) is 9.69 Å². The molecule has 1 unspecified atom stereocenters. The van der Waals surface area contributed by atoms with Crippen LogP contribution in [0.25, 0.3) is 6.08 Å². The fourth-order valence-corrected chi connectivity index (χ4v) is 5.15. The van der Waals surface area contributed by atoms with E-state index in [1.165, 1.54) is 38.3 Å². The molecule has 1 aromatic rings. The Hall–Kier alpha value is -1.74. The molecule has 4 rings (SSSR count). The van der Waals surface area contributed by atoms with Crippen LogP contribution in [0.5, 0.6) is 0 Å². The predicted molar refractivity (Wildman–Crippen MR) is 126 cm³/mol. The van der Waals surface area contributed by atoms with Crippen LogP contribution in [-0.2, 0) is 14.4 Å². The van der Waals surface area contributed by atoms with E-state index in [2.05, 4.69) is 20.7 Å². The number of hydroxylamine groups is 1. The molecule has 2 saturated heterocycles. The second-order valence-electron chi connectivity index (χ2n) is 9.21. The SMILES string of the molecule is O=C(NOC1CCCCO1)/C(F)=C/c1cnc(N[C@@H]2CCCN(C3CCCCC3)C2)c(Cl)c1. The van der Waals surface area contributed by atoms with E-state index in [-0.39, 0.29) is 6.04 Å². The van der Waals surface area contributed by atoms with Crippen molar-refractivity contribution in [2.75, 3.05) is 25.0 Å². The van der Waals surface area contributed by atoms with Crippen LogP contribution < -0.4 is 10.8 Å². The van der Waals surface area contributed by atoms with E-state index in [0.717, 1.165) is 44.8 Å². The number of carbonyl (C=O) groups is 1. The average molecular weight is 481 g/mol. The van der Waals surface area contributed by atoms with Gasteiger partial charge < -0.3 is 10.1 Å². The molecular weight excluding hydrogens is 447 g/mol. The van der Waals surface area contributed by atoms with Crippen LogP contribution >= 0.6 is 11.6 Å². The summed E-state index contributed by atoms with van der Waals surface area (Å²) in [6.45, 7) is 2.72. The number of piperidine rings is 1. The first-order chi connectivity index (χ1) is 16.1. The van der Waals surface area contributed by atoms with Crippen molar-refractivity contribution in [2.45, 2.75) is 82.6 Å².